The van der Waals surface area contributed by atoms with Crippen LogP contribution in [0, 0.1) is 0 Å². The van der Waals surface area contributed by atoms with Gasteiger partial charge in [0.25, 0.3) is 0 Å². The highest BCUT2D eigenvalue weighted by atomic mass is 14.8. The van der Waals surface area contributed by atoms with E-state index in [4.69, 9.17) is 0 Å². The highest BCUT2D eigenvalue weighted by molar-refractivity contribution is 5.14. The lowest BCUT2D eigenvalue weighted by Gasteiger charge is -2.03. The van der Waals surface area contributed by atoms with E-state index in [1.165, 1.54) is 5.69 Å². The lowest BCUT2D eigenvalue weighted by molar-refractivity contribution is 0.943. The molecular weight excluding hydrogens is 172 g/mol. The van der Waals surface area contributed by atoms with Gasteiger partial charge in [-0.25, -0.2) is 0 Å². The van der Waals surface area contributed by atoms with E-state index in [2.05, 4.69) is 22.9 Å². The molecule has 0 spiro atoms. The molecule has 0 saturated carbocycles. The van der Waals surface area contributed by atoms with E-state index < -0.39 is 0 Å². The molecule has 0 fully saturated rings. The van der Waals surface area contributed by atoms with Crippen LogP contribution in [0.4, 0.5) is 0 Å². The predicted octanol–water partition coefficient (Wildman–Crippen LogP) is 3.22. The van der Waals surface area contributed by atoms with Gasteiger partial charge in [-0.3, -0.25) is 0 Å². The molecule has 1 aromatic rings. The Morgan fingerprint density at radius 2 is 2.29 bits per heavy atom. The average molecular weight is 192 g/mol. The summed E-state index contributed by atoms with van der Waals surface area (Å²) in [6.07, 6.45) is 6.56. The molecule has 0 aliphatic rings. The zero-order valence-electron chi connectivity index (χ0n) is 9.30. The minimum absolute atomic E-state index is 0.898. The van der Waals surface area contributed by atoms with Crippen molar-refractivity contribution in [3.8, 4) is 0 Å². The average Bonchev–Trinajstić information content (AvgIpc) is 2.73. The van der Waals surface area contributed by atoms with E-state index in [0.717, 1.165) is 12.1 Å². The van der Waals surface area contributed by atoms with Crippen LogP contribution in [0.25, 0.3) is 0 Å². The second kappa shape index (κ2) is 8.17. The third-order valence-electron chi connectivity index (χ3n) is 1.68. The zero-order valence-corrected chi connectivity index (χ0v) is 9.30. The first-order valence-electron chi connectivity index (χ1n) is 5.01. The van der Waals surface area contributed by atoms with Gasteiger partial charge in [-0.2, -0.15) is 0 Å². The van der Waals surface area contributed by atoms with Crippen molar-refractivity contribution in [2.75, 3.05) is 0 Å². The summed E-state index contributed by atoms with van der Waals surface area (Å²) in [6, 6.07) is 4.06. The topological polar surface area (TPSA) is 27.8 Å². The molecule has 0 atom stereocenters. The molecule has 0 aromatic carbocycles. The van der Waals surface area contributed by atoms with Crippen molar-refractivity contribution in [1.82, 2.24) is 10.3 Å². The molecule has 2 nitrogen and oxygen atoms in total. The number of nitrogens with one attached hydrogen (secondary N) is 2. The summed E-state index contributed by atoms with van der Waals surface area (Å²) >= 11 is 0. The predicted molar refractivity (Wildman–Crippen MR) is 62.9 cm³/mol. The standard InChI is InChI=1S/C10H14N2.C2H6/c1-3-9(11-4-2)8-10-6-5-7-12-10;1-2/h3-7,11-12H,2,8H2,1H3;1-2H3/b9-3-;. The Morgan fingerprint density at radius 3 is 2.71 bits per heavy atom. The van der Waals surface area contributed by atoms with E-state index in [0.29, 0.717) is 0 Å². The Morgan fingerprint density at radius 1 is 1.57 bits per heavy atom. The summed E-state index contributed by atoms with van der Waals surface area (Å²) in [6.45, 7) is 9.62. The summed E-state index contributed by atoms with van der Waals surface area (Å²) in [5.41, 5.74) is 2.37. The van der Waals surface area contributed by atoms with Crippen LogP contribution in [0.1, 0.15) is 26.5 Å². The highest BCUT2D eigenvalue weighted by Gasteiger charge is 1.95. The Hall–Kier alpha value is -1.44. The Bertz CT molecular complexity index is 258. The summed E-state index contributed by atoms with van der Waals surface area (Å²) in [7, 11) is 0. The quantitative estimate of drug-likeness (QED) is 0.753. The molecule has 0 saturated heterocycles. The first-order valence-corrected chi connectivity index (χ1v) is 5.01. The molecule has 1 rings (SSSR count). The van der Waals surface area contributed by atoms with Crippen molar-refractivity contribution in [2.45, 2.75) is 27.2 Å². The van der Waals surface area contributed by atoms with Gasteiger partial charge >= 0.3 is 0 Å². The summed E-state index contributed by atoms with van der Waals surface area (Å²) in [5, 5.41) is 3.08. The molecule has 0 aliphatic heterocycles. The van der Waals surface area contributed by atoms with Crippen LogP contribution in [0.2, 0.25) is 0 Å². The second-order valence-corrected chi connectivity index (χ2v) is 2.53. The van der Waals surface area contributed by atoms with Gasteiger partial charge in [-0.15, -0.1) is 0 Å². The molecule has 2 N–H and O–H groups in total. The fraction of sp³-hybridized carbons (Fsp3) is 0.333. The van der Waals surface area contributed by atoms with Crippen molar-refractivity contribution in [3.05, 3.63) is 48.6 Å². The van der Waals surface area contributed by atoms with Gasteiger partial charge in [-0.05, 0) is 25.3 Å². The molecule has 1 heterocycles. The molecule has 2 heteroatoms. The monoisotopic (exact) mass is 192 g/mol. The third-order valence-corrected chi connectivity index (χ3v) is 1.68. The van der Waals surface area contributed by atoms with E-state index in [9.17, 15) is 0 Å². The molecule has 78 valence electrons. The number of aromatic amines is 1. The van der Waals surface area contributed by atoms with Crippen molar-refractivity contribution in [2.24, 2.45) is 0 Å². The number of allylic oxidation sites excluding steroid dienone is 2. The minimum atomic E-state index is 0.898. The number of hydrogen-bond acceptors (Lipinski definition) is 1. The molecule has 0 bridgehead atoms. The van der Waals surface area contributed by atoms with Gasteiger partial charge in [0.05, 0.1) is 0 Å². The van der Waals surface area contributed by atoms with Gasteiger partial charge in [0, 0.05) is 24.0 Å². The van der Waals surface area contributed by atoms with Crippen molar-refractivity contribution in [1.29, 1.82) is 0 Å². The molecular formula is C12H20N2. The van der Waals surface area contributed by atoms with Gasteiger partial charge in [0.1, 0.15) is 0 Å². The van der Waals surface area contributed by atoms with Crippen LogP contribution in [-0.2, 0) is 6.42 Å². The minimum Gasteiger partial charge on any atom is -0.366 e. The first kappa shape index (κ1) is 12.6. The van der Waals surface area contributed by atoms with Gasteiger partial charge in [0.15, 0.2) is 0 Å². The van der Waals surface area contributed by atoms with Crippen molar-refractivity contribution < 1.29 is 0 Å². The van der Waals surface area contributed by atoms with Gasteiger partial charge in [0.2, 0.25) is 0 Å². The lowest BCUT2D eigenvalue weighted by atomic mass is 10.2. The largest absolute Gasteiger partial charge is 0.366 e. The van der Waals surface area contributed by atoms with Crippen LogP contribution in [0.15, 0.2) is 42.9 Å². The van der Waals surface area contributed by atoms with Crippen LogP contribution >= 0.6 is 0 Å². The molecule has 1 aromatic heterocycles. The lowest BCUT2D eigenvalue weighted by Crippen LogP contribution is -2.06. The van der Waals surface area contributed by atoms with Gasteiger partial charge in [-0.1, -0.05) is 26.5 Å². The van der Waals surface area contributed by atoms with E-state index in [-0.39, 0.29) is 0 Å². The molecule has 14 heavy (non-hydrogen) atoms. The van der Waals surface area contributed by atoms with Crippen LogP contribution < -0.4 is 5.32 Å². The van der Waals surface area contributed by atoms with Crippen LogP contribution in [-0.4, -0.2) is 4.98 Å². The van der Waals surface area contributed by atoms with Crippen molar-refractivity contribution >= 4 is 0 Å². The number of rotatable bonds is 4. The number of aromatic nitrogens is 1. The van der Waals surface area contributed by atoms with E-state index >= 15 is 0 Å². The fourth-order valence-electron chi connectivity index (χ4n) is 1.05. The highest BCUT2D eigenvalue weighted by Crippen LogP contribution is 2.02. The fourth-order valence-corrected chi connectivity index (χ4v) is 1.05. The van der Waals surface area contributed by atoms with Gasteiger partial charge < -0.3 is 10.3 Å². The summed E-state index contributed by atoms with van der Waals surface area (Å²) in [4.78, 5) is 3.15. The third kappa shape index (κ3) is 4.55. The number of hydrogen-bond donors (Lipinski definition) is 2. The maximum absolute atomic E-state index is 3.62. The maximum atomic E-state index is 3.62. The second-order valence-electron chi connectivity index (χ2n) is 2.53. The zero-order chi connectivity index (χ0) is 10.8. The Kier molecular flexibility index (Phi) is 7.33. The smallest absolute Gasteiger partial charge is 0.0274 e. The normalized spacial score (nSPS) is 10.1. The Balaban J connectivity index is 0.000000791. The number of H-pyrrole nitrogens is 1. The SMILES string of the molecule is C=CN/C(=C\C)Cc1ccc[nH]1.CC. The van der Waals surface area contributed by atoms with E-state index in [1.54, 1.807) is 6.20 Å². The van der Waals surface area contributed by atoms with Crippen LogP contribution in [0.5, 0.6) is 0 Å². The van der Waals surface area contributed by atoms with E-state index in [1.807, 2.05) is 39.1 Å². The first-order chi connectivity index (χ1) is 6.86. The Labute approximate surface area is 86.7 Å². The maximum Gasteiger partial charge on any atom is 0.0274 e. The molecule has 0 aliphatic carbocycles. The van der Waals surface area contributed by atoms with Crippen molar-refractivity contribution in [3.63, 3.8) is 0 Å². The summed E-state index contributed by atoms with van der Waals surface area (Å²) < 4.78 is 0. The van der Waals surface area contributed by atoms with Crippen LogP contribution in [0.3, 0.4) is 0 Å². The molecule has 0 amide bonds. The summed E-state index contributed by atoms with van der Waals surface area (Å²) in [5.74, 6) is 0. The molecule has 0 unspecified atom stereocenters. The molecule has 0 radical (unpaired) electrons.